The van der Waals surface area contributed by atoms with Crippen LogP contribution in [-0.4, -0.2) is 15.5 Å². The molecule has 0 saturated heterocycles. The predicted molar refractivity (Wildman–Crippen MR) is 115 cm³/mol. The summed E-state index contributed by atoms with van der Waals surface area (Å²) in [6.45, 7) is 10.6. The molecule has 28 heavy (non-hydrogen) atoms. The summed E-state index contributed by atoms with van der Waals surface area (Å²) in [5.74, 6) is 0.407. The quantitative estimate of drug-likeness (QED) is 0.668. The van der Waals surface area contributed by atoms with Gasteiger partial charge in [0.05, 0.1) is 17.8 Å². The number of nitrogens with zero attached hydrogens (tertiary/aromatic N) is 2. The second-order valence-electron chi connectivity index (χ2n) is 7.57. The van der Waals surface area contributed by atoms with Crippen LogP contribution >= 0.6 is 11.3 Å². The molecule has 1 atom stereocenters. The van der Waals surface area contributed by atoms with Crippen molar-refractivity contribution in [3.63, 3.8) is 0 Å². The molecule has 1 unspecified atom stereocenters. The molecule has 0 radical (unpaired) electrons. The van der Waals surface area contributed by atoms with Crippen LogP contribution in [-0.2, 0) is 11.3 Å². The lowest BCUT2D eigenvalue weighted by molar-refractivity contribution is -0.121. The fraction of sp³-hybridized carbons (Fsp3) is 0.409. The molecule has 0 aliphatic carbocycles. The van der Waals surface area contributed by atoms with Crippen molar-refractivity contribution in [2.45, 2.75) is 59.5 Å². The minimum absolute atomic E-state index is 0.0722. The van der Waals surface area contributed by atoms with Crippen LogP contribution < -0.4 is 10.9 Å². The Balaban J connectivity index is 1.64. The molecule has 1 N–H and O–H groups in total. The summed E-state index contributed by atoms with van der Waals surface area (Å²) in [4.78, 5) is 31.3. The molecule has 0 bridgehead atoms. The summed E-state index contributed by atoms with van der Waals surface area (Å²) < 4.78 is 1.53. The van der Waals surface area contributed by atoms with Crippen LogP contribution in [0.1, 0.15) is 60.7 Å². The van der Waals surface area contributed by atoms with Crippen molar-refractivity contribution in [3.05, 3.63) is 62.5 Å². The second kappa shape index (κ2) is 8.27. The van der Waals surface area contributed by atoms with E-state index >= 15 is 0 Å². The Morgan fingerprint density at radius 1 is 1.14 bits per heavy atom. The van der Waals surface area contributed by atoms with Gasteiger partial charge >= 0.3 is 0 Å². The van der Waals surface area contributed by atoms with Crippen LogP contribution in [0.4, 0.5) is 0 Å². The van der Waals surface area contributed by atoms with Gasteiger partial charge in [-0.3, -0.25) is 14.2 Å². The molecule has 3 rings (SSSR count). The van der Waals surface area contributed by atoms with Gasteiger partial charge in [0, 0.05) is 17.8 Å². The number of carbonyl (C=O) groups excluding carboxylic acids is 1. The summed E-state index contributed by atoms with van der Waals surface area (Å²) in [6.07, 6.45) is 1.78. The number of nitrogens with one attached hydrogen (secondary N) is 1. The molecular weight excluding hydrogens is 370 g/mol. The lowest BCUT2D eigenvalue weighted by atomic mass is 9.99. The molecule has 0 spiro atoms. The Hall–Kier alpha value is -2.47. The average Bonchev–Trinajstić information content (AvgIpc) is 2.96. The number of aromatic nitrogens is 2. The third kappa shape index (κ3) is 4.17. The molecule has 3 aromatic rings. The molecule has 0 fully saturated rings. The summed E-state index contributed by atoms with van der Waals surface area (Å²) in [5.41, 5.74) is 3.26. The van der Waals surface area contributed by atoms with Crippen molar-refractivity contribution in [1.29, 1.82) is 0 Å². The number of benzene rings is 1. The van der Waals surface area contributed by atoms with E-state index in [0.717, 1.165) is 20.8 Å². The molecule has 6 heteroatoms. The monoisotopic (exact) mass is 397 g/mol. The molecule has 148 valence electrons. The van der Waals surface area contributed by atoms with E-state index in [1.54, 1.807) is 6.33 Å². The van der Waals surface area contributed by atoms with E-state index in [1.807, 2.05) is 20.8 Å². The molecule has 0 saturated carbocycles. The standard InChI is InChI=1S/C22H27N3O2S/c1-13(2)17-6-8-18(9-7-17)15(4)24-19(26)10-11-25-12-23-21-20(22(25)27)14(3)16(5)28-21/h6-9,12-13,15H,10-11H2,1-5H3,(H,24,26). The Kier molecular flexibility index (Phi) is 5.98. The van der Waals surface area contributed by atoms with Crippen molar-refractivity contribution in [3.8, 4) is 0 Å². The number of fused-ring (bicyclic) bond motifs is 1. The van der Waals surface area contributed by atoms with E-state index in [9.17, 15) is 9.59 Å². The van der Waals surface area contributed by atoms with Crippen LogP contribution in [0.3, 0.4) is 0 Å². The number of hydrogen-bond donors (Lipinski definition) is 1. The highest BCUT2D eigenvalue weighted by atomic mass is 32.1. The highest BCUT2D eigenvalue weighted by molar-refractivity contribution is 7.18. The van der Waals surface area contributed by atoms with Gasteiger partial charge in [-0.25, -0.2) is 4.98 Å². The fourth-order valence-corrected chi connectivity index (χ4v) is 4.21. The lowest BCUT2D eigenvalue weighted by Crippen LogP contribution is -2.29. The maximum atomic E-state index is 12.7. The average molecular weight is 398 g/mol. The third-order valence-corrected chi connectivity index (χ3v) is 6.33. The van der Waals surface area contributed by atoms with Gasteiger partial charge in [0.25, 0.3) is 5.56 Å². The normalized spacial score (nSPS) is 12.5. The maximum absolute atomic E-state index is 12.7. The highest BCUT2D eigenvalue weighted by Gasteiger charge is 2.14. The Morgan fingerprint density at radius 3 is 2.43 bits per heavy atom. The van der Waals surface area contributed by atoms with Crippen molar-refractivity contribution < 1.29 is 4.79 Å². The van der Waals surface area contributed by atoms with Crippen molar-refractivity contribution in [2.24, 2.45) is 0 Å². The van der Waals surface area contributed by atoms with Crippen LogP contribution in [0.15, 0.2) is 35.4 Å². The zero-order valence-corrected chi connectivity index (χ0v) is 17.9. The van der Waals surface area contributed by atoms with E-state index in [1.165, 1.54) is 21.5 Å². The molecule has 0 aliphatic rings. The lowest BCUT2D eigenvalue weighted by Gasteiger charge is -2.16. The molecule has 2 aromatic heterocycles. The van der Waals surface area contributed by atoms with E-state index in [-0.39, 0.29) is 23.9 Å². The number of thiophene rings is 1. The second-order valence-corrected chi connectivity index (χ2v) is 8.77. The number of rotatable bonds is 6. The zero-order chi connectivity index (χ0) is 20.4. The summed E-state index contributed by atoms with van der Waals surface area (Å²) in [6, 6.07) is 8.25. The van der Waals surface area contributed by atoms with Crippen molar-refractivity contribution >= 4 is 27.5 Å². The SMILES string of the molecule is Cc1sc2ncn(CCC(=O)NC(C)c3ccc(C(C)C)cc3)c(=O)c2c1C. The summed E-state index contributed by atoms with van der Waals surface area (Å²) in [5, 5.41) is 3.68. The van der Waals surface area contributed by atoms with Gasteiger partial charge in [-0.2, -0.15) is 0 Å². The van der Waals surface area contributed by atoms with Crippen LogP contribution in [0, 0.1) is 13.8 Å². The first-order valence-electron chi connectivity index (χ1n) is 9.62. The van der Waals surface area contributed by atoms with Gasteiger partial charge in [-0.15, -0.1) is 11.3 Å². The number of carbonyl (C=O) groups is 1. The van der Waals surface area contributed by atoms with Gasteiger partial charge in [0.2, 0.25) is 5.91 Å². The largest absolute Gasteiger partial charge is 0.350 e. The Bertz CT molecular complexity index is 1050. The summed E-state index contributed by atoms with van der Waals surface area (Å²) >= 11 is 1.53. The first kappa shape index (κ1) is 20.3. The topological polar surface area (TPSA) is 64.0 Å². The molecule has 1 aromatic carbocycles. The Labute approximate surface area is 169 Å². The van der Waals surface area contributed by atoms with E-state index in [2.05, 4.69) is 48.4 Å². The third-order valence-electron chi connectivity index (χ3n) is 5.22. The molecule has 5 nitrogen and oxygen atoms in total. The van der Waals surface area contributed by atoms with Crippen LogP contribution in [0.5, 0.6) is 0 Å². The Morgan fingerprint density at radius 2 is 1.79 bits per heavy atom. The predicted octanol–water partition coefficient (Wildman–Crippen LogP) is 4.47. The molecule has 1 amide bonds. The van der Waals surface area contributed by atoms with E-state index < -0.39 is 0 Å². The number of hydrogen-bond acceptors (Lipinski definition) is 4. The van der Waals surface area contributed by atoms with Gasteiger partial charge < -0.3 is 5.32 Å². The molecule has 0 aliphatic heterocycles. The zero-order valence-electron chi connectivity index (χ0n) is 17.1. The number of aryl methyl sites for hydroxylation is 3. The number of amides is 1. The molecule has 2 heterocycles. The van der Waals surface area contributed by atoms with Gasteiger partial charge in [0.15, 0.2) is 0 Å². The van der Waals surface area contributed by atoms with Crippen molar-refractivity contribution in [2.75, 3.05) is 0 Å². The van der Waals surface area contributed by atoms with Crippen LogP contribution in [0.25, 0.3) is 10.2 Å². The van der Waals surface area contributed by atoms with E-state index in [4.69, 9.17) is 0 Å². The minimum Gasteiger partial charge on any atom is -0.350 e. The first-order valence-corrected chi connectivity index (χ1v) is 10.4. The maximum Gasteiger partial charge on any atom is 0.262 e. The van der Waals surface area contributed by atoms with Gasteiger partial charge in [-0.1, -0.05) is 38.1 Å². The first-order chi connectivity index (χ1) is 13.3. The highest BCUT2D eigenvalue weighted by Crippen LogP contribution is 2.25. The minimum atomic E-state index is -0.0781. The van der Waals surface area contributed by atoms with Gasteiger partial charge in [0.1, 0.15) is 4.83 Å². The van der Waals surface area contributed by atoms with Crippen LogP contribution in [0.2, 0.25) is 0 Å². The fourth-order valence-electron chi connectivity index (χ4n) is 3.22. The van der Waals surface area contributed by atoms with Crippen molar-refractivity contribution in [1.82, 2.24) is 14.9 Å². The van der Waals surface area contributed by atoms with E-state index in [0.29, 0.717) is 17.8 Å². The summed E-state index contributed by atoms with van der Waals surface area (Å²) in [7, 11) is 0. The smallest absolute Gasteiger partial charge is 0.262 e. The van der Waals surface area contributed by atoms with Gasteiger partial charge in [-0.05, 0) is 43.4 Å². The molecular formula is C22H27N3O2S.